The molecule has 106 valence electrons. The first kappa shape index (κ1) is 14.0. The molecule has 21 heavy (non-hydrogen) atoms. The van der Waals surface area contributed by atoms with Crippen LogP contribution in [0.15, 0.2) is 47.8 Å². The van der Waals surface area contributed by atoms with Crippen LogP contribution in [0.25, 0.3) is 10.8 Å². The zero-order valence-corrected chi connectivity index (χ0v) is 12.7. The van der Waals surface area contributed by atoms with E-state index in [1.807, 2.05) is 41.8 Å². The molecule has 0 radical (unpaired) electrons. The minimum absolute atomic E-state index is 0.241. The van der Waals surface area contributed by atoms with Gasteiger partial charge in [-0.05, 0) is 22.9 Å². The summed E-state index contributed by atoms with van der Waals surface area (Å²) in [5, 5.41) is 4.03. The van der Waals surface area contributed by atoms with Crippen molar-refractivity contribution in [2.24, 2.45) is 0 Å². The molecule has 0 unspecified atom stereocenters. The molecule has 0 spiro atoms. The Kier molecular flexibility index (Phi) is 4.18. The third-order valence-electron chi connectivity index (χ3n) is 3.06. The number of halogens is 1. The Balaban J connectivity index is 1.72. The molecule has 0 aliphatic heterocycles. The van der Waals surface area contributed by atoms with Gasteiger partial charge in [-0.3, -0.25) is 0 Å². The third-order valence-corrected chi connectivity index (χ3v) is 4.29. The highest BCUT2D eigenvalue weighted by Gasteiger charge is 2.12. The molecule has 0 atom stereocenters. The molecular weight excluding hydrogens is 306 g/mol. The van der Waals surface area contributed by atoms with E-state index < -0.39 is 5.97 Å². The first-order chi connectivity index (χ1) is 10.2. The summed E-state index contributed by atoms with van der Waals surface area (Å²) in [4.78, 5) is 17.3. The zero-order valence-electron chi connectivity index (χ0n) is 11.1. The molecule has 0 saturated carbocycles. The fourth-order valence-corrected chi connectivity index (χ4v) is 2.99. The van der Waals surface area contributed by atoms with Crippen LogP contribution in [0.3, 0.4) is 0 Å². The highest BCUT2D eigenvalue weighted by atomic mass is 35.5. The van der Waals surface area contributed by atoms with E-state index in [1.165, 1.54) is 4.88 Å². The van der Waals surface area contributed by atoms with E-state index in [1.54, 1.807) is 17.4 Å². The van der Waals surface area contributed by atoms with Crippen LogP contribution in [0.4, 0.5) is 0 Å². The number of hydrogen-bond donors (Lipinski definition) is 0. The van der Waals surface area contributed by atoms with Gasteiger partial charge in [0, 0.05) is 16.7 Å². The monoisotopic (exact) mass is 317 g/mol. The van der Waals surface area contributed by atoms with Gasteiger partial charge in [0.25, 0.3) is 0 Å². The lowest BCUT2D eigenvalue weighted by Gasteiger charge is -2.06. The molecular formula is C16H12ClNO2S. The Labute approximate surface area is 131 Å². The fourth-order valence-electron chi connectivity index (χ4n) is 2.03. The van der Waals surface area contributed by atoms with Crippen molar-refractivity contribution in [3.05, 3.63) is 63.6 Å². The van der Waals surface area contributed by atoms with Crippen molar-refractivity contribution < 1.29 is 9.53 Å². The Morgan fingerprint density at radius 1 is 1.24 bits per heavy atom. The molecule has 1 aromatic carbocycles. The average Bonchev–Trinajstić information content (AvgIpc) is 3.00. The predicted octanol–water partition coefficient (Wildman–Crippen LogP) is 4.35. The first-order valence-corrected chi connectivity index (χ1v) is 7.74. The minimum Gasteiger partial charge on any atom is -0.461 e. The Hall–Kier alpha value is -1.91. The van der Waals surface area contributed by atoms with E-state index in [0.29, 0.717) is 18.2 Å². The second-order valence-electron chi connectivity index (χ2n) is 4.48. The van der Waals surface area contributed by atoms with Gasteiger partial charge in [-0.15, -0.1) is 11.3 Å². The van der Waals surface area contributed by atoms with Crippen LogP contribution in [0.1, 0.15) is 15.4 Å². The molecule has 2 heterocycles. The van der Waals surface area contributed by atoms with Crippen molar-refractivity contribution in [1.29, 1.82) is 0 Å². The van der Waals surface area contributed by atoms with Crippen LogP contribution in [0.5, 0.6) is 0 Å². The van der Waals surface area contributed by atoms with Gasteiger partial charge in [-0.2, -0.15) is 0 Å². The van der Waals surface area contributed by atoms with Crippen molar-refractivity contribution in [3.8, 4) is 0 Å². The summed E-state index contributed by atoms with van der Waals surface area (Å²) in [6.45, 7) is 0.339. The maximum Gasteiger partial charge on any atom is 0.357 e. The summed E-state index contributed by atoms with van der Waals surface area (Å²) in [5.41, 5.74) is 0.241. The Bertz CT molecular complexity index is 771. The van der Waals surface area contributed by atoms with Crippen LogP contribution in [-0.2, 0) is 11.2 Å². The number of pyridine rings is 1. The van der Waals surface area contributed by atoms with Crippen molar-refractivity contribution in [1.82, 2.24) is 4.98 Å². The number of esters is 1. The molecule has 3 rings (SSSR count). The highest BCUT2D eigenvalue weighted by molar-refractivity contribution is 7.09. The third kappa shape index (κ3) is 3.23. The van der Waals surface area contributed by atoms with Gasteiger partial charge < -0.3 is 4.74 Å². The minimum atomic E-state index is -0.445. The van der Waals surface area contributed by atoms with Crippen molar-refractivity contribution in [2.75, 3.05) is 6.61 Å². The van der Waals surface area contributed by atoms with Crippen LogP contribution in [-0.4, -0.2) is 17.6 Å². The lowest BCUT2D eigenvalue weighted by atomic mass is 10.1. The normalized spacial score (nSPS) is 10.7. The maximum atomic E-state index is 12.0. The molecule has 2 aromatic heterocycles. The van der Waals surface area contributed by atoms with Gasteiger partial charge in [0.2, 0.25) is 0 Å². The molecule has 3 nitrogen and oxygen atoms in total. The summed E-state index contributed by atoms with van der Waals surface area (Å²) >= 11 is 7.75. The lowest BCUT2D eigenvalue weighted by molar-refractivity contribution is 0.0503. The number of aromatic nitrogens is 1. The first-order valence-electron chi connectivity index (χ1n) is 6.49. The van der Waals surface area contributed by atoms with Crippen LogP contribution in [0, 0.1) is 0 Å². The number of nitrogens with zero attached hydrogens (tertiary/aromatic N) is 1. The largest absolute Gasteiger partial charge is 0.461 e. The van der Waals surface area contributed by atoms with Gasteiger partial charge in [0.1, 0.15) is 5.15 Å². The Morgan fingerprint density at radius 3 is 2.90 bits per heavy atom. The van der Waals surface area contributed by atoms with E-state index >= 15 is 0 Å². The SMILES string of the molecule is O=C(OCCc1cccs1)c1cc2ccccc2c(Cl)n1. The summed E-state index contributed by atoms with van der Waals surface area (Å²) < 4.78 is 5.25. The molecule has 0 N–H and O–H groups in total. The van der Waals surface area contributed by atoms with Crippen LogP contribution >= 0.6 is 22.9 Å². The number of carbonyl (C=O) groups excluding carboxylic acids is 1. The highest BCUT2D eigenvalue weighted by Crippen LogP contribution is 2.22. The smallest absolute Gasteiger partial charge is 0.357 e. The fraction of sp³-hybridized carbons (Fsp3) is 0.125. The topological polar surface area (TPSA) is 39.2 Å². The summed E-state index contributed by atoms with van der Waals surface area (Å²) in [6, 6.07) is 13.2. The summed E-state index contributed by atoms with van der Waals surface area (Å²) in [7, 11) is 0. The number of ether oxygens (including phenoxy) is 1. The molecule has 0 aliphatic carbocycles. The molecule has 0 aliphatic rings. The molecule has 0 saturated heterocycles. The molecule has 0 bridgehead atoms. The van der Waals surface area contributed by atoms with E-state index in [0.717, 1.165) is 10.8 Å². The number of rotatable bonds is 4. The second-order valence-corrected chi connectivity index (χ2v) is 5.87. The number of benzene rings is 1. The standard InChI is InChI=1S/C16H12ClNO2S/c17-15-13-6-2-1-4-11(13)10-14(18-15)16(19)20-8-7-12-5-3-9-21-12/h1-6,9-10H,7-8H2. The number of carbonyl (C=O) groups is 1. The van der Waals surface area contributed by atoms with Gasteiger partial charge in [-0.25, -0.2) is 9.78 Å². The number of fused-ring (bicyclic) bond motifs is 1. The molecule has 0 fully saturated rings. The molecule has 5 heteroatoms. The van der Waals surface area contributed by atoms with Crippen molar-refractivity contribution >= 4 is 39.7 Å². The summed E-state index contributed by atoms with van der Waals surface area (Å²) in [6.07, 6.45) is 0.713. The van der Waals surface area contributed by atoms with Gasteiger partial charge in [0.05, 0.1) is 6.61 Å². The Morgan fingerprint density at radius 2 is 2.10 bits per heavy atom. The maximum absolute atomic E-state index is 12.0. The van der Waals surface area contributed by atoms with Crippen molar-refractivity contribution in [3.63, 3.8) is 0 Å². The van der Waals surface area contributed by atoms with E-state index in [9.17, 15) is 4.79 Å². The summed E-state index contributed by atoms with van der Waals surface area (Å²) in [5.74, 6) is -0.445. The van der Waals surface area contributed by atoms with E-state index in [-0.39, 0.29) is 5.69 Å². The van der Waals surface area contributed by atoms with E-state index in [2.05, 4.69) is 4.98 Å². The van der Waals surface area contributed by atoms with Gasteiger partial charge in [-0.1, -0.05) is 41.9 Å². The number of hydrogen-bond acceptors (Lipinski definition) is 4. The van der Waals surface area contributed by atoms with Gasteiger partial charge in [0.15, 0.2) is 5.69 Å². The quantitative estimate of drug-likeness (QED) is 0.530. The van der Waals surface area contributed by atoms with Gasteiger partial charge >= 0.3 is 5.97 Å². The molecule has 3 aromatic rings. The van der Waals surface area contributed by atoms with E-state index in [4.69, 9.17) is 16.3 Å². The average molecular weight is 318 g/mol. The zero-order chi connectivity index (χ0) is 14.7. The van der Waals surface area contributed by atoms with Crippen molar-refractivity contribution in [2.45, 2.75) is 6.42 Å². The predicted molar refractivity (Wildman–Crippen MR) is 85.1 cm³/mol. The lowest BCUT2D eigenvalue weighted by Crippen LogP contribution is -2.09. The number of thiophene rings is 1. The van der Waals surface area contributed by atoms with Crippen LogP contribution in [0.2, 0.25) is 5.15 Å². The van der Waals surface area contributed by atoms with Crippen LogP contribution < -0.4 is 0 Å². The second kappa shape index (κ2) is 6.24. The molecule has 0 amide bonds.